The molecule has 0 aromatic heterocycles. The number of ketones is 1. The smallest absolute Gasteiger partial charge is 0.407 e. The molecule has 0 spiro atoms. The number of methoxy groups -OCH3 is 2. The normalized spacial score (nSPS) is 15.5. The monoisotopic (exact) mass is 933 g/mol. The Morgan fingerprint density at radius 3 is 2.18 bits per heavy atom. The van der Waals surface area contributed by atoms with Crippen LogP contribution in [0, 0.1) is 5.41 Å². The number of hydrogen-bond donors (Lipinski definition) is 4. The summed E-state index contributed by atoms with van der Waals surface area (Å²) in [5, 5.41) is 25.2. The second-order valence-electron chi connectivity index (χ2n) is 17.0. The van der Waals surface area contributed by atoms with E-state index in [1.54, 1.807) is 24.3 Å². The third kappa shape index (κ3) is 11.7. The van der Waals surface area contributed by atoms with Gasteiger partial charge in [-0.2, -0.15) is 0 Å². The van der Waals surface area contributed by atoms with Crippen molar-refractivity contribution >= 4 is 47.3 Å². The molecule has 1 saturated heterocycles. The Morgan fingerprint density at radius 1 is 0.853 bits per heavy atom. The van der Waals surface area contributed by atoms with E-state index >= 15 is 0 Å². The zero-order valence-corrected chi connectivity index (χ0v) is 38.2. The standard InChI is InChI=1S/C51H55N3O14/c1-6-42(55)67-29-51(2,3)45(57)47(59)54-25-12-11-20-38(54)49(62)68-39(23-21-30-22-24-40(64-4)41(26-30)65-5)31-14-13-15-32(27-31)52-46(58)43(44(56)48(60)61)53-50(63)66-28-37-35-18-9-7-16-33(35)34-17-8-10-19-36(34)37/h6-10,13-19,22,24,26-27,37-39,43-44,56H,1,11-12,20-21,23,25,28-29H2,2-5H3,(H,52,58)(H,53,63)(H,60,61)/t38-,39+,43?,44?/m0/s1. The topological polar surface area (TPSA) is 233 Å². The molecule has 0 bridgehead atoms. The number of aliphatic hydroxyl groups is 1. The van der Waals surface area contributed by atoms with Gasteiger partial charge in [-0.05, 0) is 104 Å². The number of alkyl carbamates (subject to hydrolysis) is 1. The Morgan fingerprint density at radius 2 is 1.53 bits per heavy atom. The second kappa shape index (κ2) is 22.3. The number of rotatable bonds is 20. The highest BCUT2D eigenvalue weighted by Crippen LogP contribution is 2.44. The van der Waals surface area contributed by atoms with E-state index in [9.17, 15) is 43.8 Å². The van der Waals surface area contributed by atoms with Crippen LogP contribution in [-0.4, -0.2) is 109 Å². The van der Waals surface area contributed by atoms with E-state index in [4.69, 9.17) is 23.7 Å². The highest BCUT2D eigenvalue weighted by Gasteiger charge is 2.43. The number of carboxylic acid groups (broad SMARTS) is 1. The third-order valence-corrected chi connectivity index (χ3v) is 12.0. The van der Waals surface area contributed by atoms with Crippen molar-refractivity contribution in [3.8, 4) is 22.6 Å². The maximum atomic E-state index is 14.2. The number of aliphatic carboxylic acids is 1. The number of fused-ring (bicyclic) bond motifs is 3. The first kappa shape index (κ1) is 49.9. The van der Waals surface area contributed by atoms with Crippen LogP contribution in [-0.2, 0) is 49.4 Å². The number of amides is 3. The van der Waals surface area contributed by atoms with Crippen LogP contribution in [0.3, 0.4) is 0 Å². The zero-order chi connectivity index (χ0) is 49.1. The van der Waals surface area contributed by atoms with Crippen LogP contribution in [0.4, 0.5) is 10.5 Å². The van der Waals surface area contributed by atoms with Gasteiger partial charge in [-0.1, -0.05) is 73.3 Å². The molecule has 1 aliphatic carbocycles. The Labute approximate surface area is 393 Å². The number of likely N-dealkylation sites (tertiary alicyclic amines) is 1. The van der Waals surface area contributed by atoms with Crippen LogP contribution in [0.2, 0.25) is 0 Å². The predicted molar refractivity (Wildman–Crippen MR) is 247 cm³/mol. The number of nitrogens with one attached hydrogen (secondary N) is 2. The highest BCUT2D eigenvalue weighted by atomic mass is 16.6. The summed E-state index contributed by atoms with van der Waals surface area (Å²) in [6.07, 6.45) is -1.82. The molecule has 1 fully saturated rings. The number of carbonyl (C=O) groups is 7. The lowest BCUT2D eigenvalue weighted by Crippen LogP contribution is -2.54. The lowest BCUT2D eigenvalue weighted by Gasteiger charge is -2.36. The molecular weight excluding hydrogens is 879 g/mol. The van der Waals surface area contributed by atoms with E-state index < -0.39 is 77.9 Å². The number of aliphatic hydroxyl groups excluding tert-OH is 1. The Hall–Kier alpha value is -7.53. The van der Waals surface area contributed by atoms with Crippen molar-refractivity contribution in [1.82, 2.24) is 10.2 Å². The van der Waals surface area contributed by atoms with Crippen molar-refractivity contribution in [2.75, 3.05) is 39.3 Å². The van der Waals surface area contributed by atoms with E-state index in [0.29, 0.717) is 36.3 Å². The van der Waals surface area contributed by atoms with Crippen molar-refractivity contribution in [2.45, 2.75) is 76.2 Å². The molecule has 0 saturated carbocycles. The minimum atomic E-state index is -2.38. The van der Waals surface area contributed by atoms with Crippen molar-refractivity contribution in [1.29, 1.82) is 0 Å². The van der Waals surface area contributed by atoms with Crippen molar-refractivity contribution in [3.63, 3.8) is 0 Å². The first-order valence-electron chi connectivity index (χ1n) is 22.1. The number of benzene rings is 4. The first-order chi connectivity index (χ1) is 32.6. The molecule has 4 atom stereocenters. The number of piperidine rings is 1. The molecule has 17 nitrogen and oxygen atoms in total. The number of ether oxygens (including phenoxy) is 5. The van der Waals surface area contributed by atoms with Gasteiger partial charge >= 0.3 is 24.0 Å². The zero-order valence-electron chi connectivity index (χ0n) is 38.2. The fourth-order valence-electron chi connectivity index (χ4n) is 8.30. The molecule has 6 rings (SSSR count). The fourth-order valence-corrected chi connectivity index (χ4v) is 8.30. The average Bonchev–Trinajstić information content (AvgIpc) is 3.67. The van der Waals surface area contributed by atoms with E-state index in [2.05, 4.69) is 17.2 Å². The number of Topliss-reactive ketones (excluding diaryl/α,β-unsaturated/α-hetero) is 1. The largest absolute Gasteiger partial charge is 0.493 e. The summed E-state index contributed by atoms with van der Waals surface area (Å²) in [6, 6.07) is 23.7. The summed E-state index contributed by atoms with van der Waals surface area (Å²) in [5.74, 6) is -5.57. The number of carboxylic acids is 1. The second-order valence-corrected chi connectivity index (χ2v) is 17.0. The molecule has 68 heavy (non-hydrogen) atoms. The van der Waals surface area contributed by atoms with Crippen molar-refractivity contribution in [2.24, 2.45) is 5.41 Å². The van der Waals surface area contributed by atoms with Gasteiger partial charge in [0.15, 0.2) is 17.6 Å². The lowest BCUT2D eigenvalue weighted by atomic mass is 9.87. The molecular formula is C51H55N3O14. The van der Waals surface area contributed by atoms with E-state index in [1.807, 2.05) is 54.6 Å². The van der Waals surface area contributed by atoms with Crippen LogP contribution in [0.25, 0.3) is 11.1 Å². The molecule has 3 amide bonds. The van der Waals surface area contributed by atoms with Gasteiger partial charge in [0.1, 0.15) is 31.4 Å². The molecule has 4 aromatic carbocycles. The van der Waals surface area contributed by atoms with Crippen LogP contribution < -0.4 is 20.1 Å². The highest BCUT2D eigenvalue weighted by molar-refractivity contribution is 6.38. The van der Waals surface area contributed by atoms with Gasteiger partial charge in [-0.15, -0.1) is 0 Å². The number of esters is 2. The molecule has 0 radical (unpaired) electrons. The molecule has 358 valence electrons. The van der Waals surface area contributed by atoms with Gasteiger partial charge in [-0.3, -0.25) is 14.4 Å². The average molecular weight is 934 g/mol. The minimum Gasteiger partial charge on any atom is -0.493 e. The van der Waals surface area contributed by atoms with Crippen molar-refractivity contribution in [3.05, 3.63) is 126 Å². The molecule has 4 N–H and O–H groups in total. The van der Waals surface area contributed by atoms with Gasteiger partial charge in [0.2, 0.25) is 11.7 Å². The summed E-state index contributed by atoms with van der Waals surface area (Å²) in [7, 11) is 3.00. The summed E-state index contributed by atoms with van der Waals surface area (Å²) in [6.45, 7) is 5.82. The van der Waals surface area contributed by atoms with Gasteiger partial charge in [0, 0.05) is 24.2 Å². The van der Waals surface area contributed by atoms with E-state index in [-0.39, 0.29) is 37.6 Å². The Kier molecular flexibility index (Phi) is 16.4. The molecule has 2 unspecified atom stereocenters. The molecule has 1 aliphatic heterocycles. The maximum absolute atomic E-state index is 14.2. The number of hydrogen-bond acceptors (Lipinski definition) is 13. The van der Waals surface area contributed by atoms with Gasteiger partial charge < -0.3 is 49.4 Å². The maximum Gasteiger partial charge on any atom is 0.407 e. The summed E-state index contributed by atoms with van der Waals surface area (Å²) < 4.78 is 27.7. The number of aryl methyl sites for hydroxylation is 1. The van der Waals surface area contributed by atoms with E-state index in [1.165, 1.54) is 45.1 Å². The molecule has 4 aromatic rings. The predicted octanol–water partition coefficient (Wildman–Crippen LogP) is 5.92. The van der Waals surface area contributed by atoms with Crippen LogP contribution >= 0.6 is 0 Å². The van der Waals surface area contributed by atoms with Crippen LogP contribution in [0.5, 0.6) is 11.5 Å². The quantitative estimate of drug-likeness (QED) is 0.0349. The molecule has 1 heterocycles. The fraction of sp³-hybridized carbons (Fsp3) is 0.353. The first-order valence-corrected chi connectivity index (χ1v) is 22.1. The third-order valence-electron chi connectivity index (χ3n) is 12.0. The SMILES string of the molecule is C=CC(=O)OCC(C)(C)C(=O)C(=O)N1CCCC[C@H]1C(=O)O[C@H](CCc1ccc(OC)c(OC)c1)c1cccc(NC(=O)C(NC(=O)OCC2c3ccccc3-c3ccccc32)C(O)C(=O)O)c1. The van der Waals surface area contributed by atoms with Gasteiger partial charge in [0.25, 0.3) is 5.91 Å². The number of anilines is 1. The van der Waals surface area contributed by atoms with Gasteiger partial charge in [0.05, 0.1) is 19.6 Å². The summed E-state index contributed by atoms with van der Waals surface area (Å²) in [4.78, 5) is 93.5. The molecule has 2 aliphatic rings. The lowest BCUT2D eigenvalue weighted by molar-refractivity contribution is -0.165. The minimum absolute atomic E-state index is 0.0936. The van der Waals surface area contributed by atoms with Crippen LogP contribution in [0.15, 0.2) is 104 Å². The van der Waals surface area contributed by atoms with Gasteiger partial charge in [-0.25, -0.2) is 19.2 Å². The van der Waals surface area contributed by atoms with E-state index in [0.717, 1.165) is 33.9 Å². The summed E-state index contributed by atoms with van der Waals surface area (Å²) in [5.41, 5.74) is 3.68. The summed E-state index contributed by atoms with van der Waals surface area (Å²) >= 11 is 0. The number of nitrogens with zero attached hydrogens (tertiary/aromatic N) is 1. The number of carbonyl (C=O) groups excluding carboxylic acids is 6. The van der Waals surface area contributed by atoms with Crippen LogP contribution in [0.1, 0.15) is 73.8 Å². The van der Waals surface area contributed by atoms with Crippen molar-refractivity contribution < 1.29 is 67.5 Å². The Bertz CT molecular complexity index is 2510. The molecule has 17 heteroatoms. The Balaban J connectivity index is 1.20.